The van der Waals surface area contributed by atoms with E-state index in [-0.39, 0.29) is 17.8 Å². The Hall–Kier alpha value is -3.61. The maximum absolute atomic E-state index is 12.9. The number of benzene rings is 2. The summed E-state index contributed by atoms with van der Waals surface area (Å²) in [6.45, 7) is 1.72. The summed E-state index contributed by atoms with van der Waals surface area (Å²) in [6.07, 6.45) is 2.84. The fourth-order valence-electron chi connectivity index (χ4n) is 4.73. The van der Waals surface area contributed by atoms with Crippen LogP contribution in [0.2, 0.25) is 0 Å². The van der Waals surface area contributed by atoms with Crippen molar-refractivity contribution in [2.24, 2.45) is 0 Å². The van der Waals surface area contributed by atoms with Crippen LogP contribution in [0.15, 0.2) is 48.5 Å². The number of esters is 2. The molecule has 1 amide bonds. The van der Waals surface area contributed by atoms with Gasteiger partial charge >= 0.3 is 11.9 Å². The fourth-order valence-corrected chi connectivity index (χ4v) is 4.73. The first-order valence-corrected chi connectivity index (χ1v) is 11.6. The highest BCUT2D eigenvalue weighted by Gasteiger charge is 2.27. The number of fused-ring (bicyclic) bond motifs is 3. The molecule has 1 aromatic heterocycles. The minimum absolute atomic E-state index is 0.0993. The third-order valence-electron chi connectivity index (χ3n) is 6.52. The van der Waals surface area contributed by atoms with E-state index in [0.29, 0.717) is 50.9 Å². The number of carbonyl (C=O) groups excluding carboxylic acids is 3. The molecule has 3 aromatic rings. The van der Waals surface area contributed by atoms with Crippen molar-refractivity contribution in [3.05, 3.63) is 70.9 Å². The minimum Gasteiger partial charge on any atom is -0.469 e. The van der Waals surface area contributed by atoms with Gasteiger partial charge in [-0.1, -0.05) is 36.4 Å². The number of amides is 1. The number of unbranched alkanes of at least 4 members (excludes halogenated alkanes) is 1. The zero-order valence-electron chi connectivity index (χ0n) is 19.7. The first-order valence-electron chi connectivity index (χ1n) is 11.6. The molecule has 2 heterocycles. The molecule has 0 spiro atoms. The van der Waals surface area contributed by atoms with Gasteiger partial charge in [0.05, 0.1) is 26.3 Å². The Morgan fingerprint density at radius 3 is 2.44 bits per heavy atom. The quantitative estimate of drug-likeness (QED) is 0.372. The monoisotopic (exact) mass is 462 g/mol. The van der Waals surface area contributed by atoms with Gasteiger partial charge in [0, 0.05) is 42.5 Å². The van der Waals surface area contributed by atoms with E-state index in [9.17, 15) is 14.4 Å². The van der Waals surface area contributed by atoms with E-state index in [0.717, 1.165) is 23.2 Å². The lowest BCUT2D eigenvalue weighted by Crippen LogP contribution is -2.36. The Labute approximate surface area is 199 Å². The molecule has 0 saturated carbocycles. The average Bonchev–Trinajstić information content (AvgIpc) is 3.19. The van der Waals surface area contributed by atoms with Crippen LogP contribution in [-0.2, 0) is 38.6 Å². The Bertz CT molecular complexity index is 1210. The second kappa shape index (κ2) is 10.5. The van der Waals surface area contributed by atoms with E-state index in [1.54, 1.807) is 6.07 Å². The second-order valence-electron chi connectivity index (χ2n) is 8.53. The zero-order chi connectivity index (χ0) is 24.1. The van der Waals surface area contributed by atoms with Crippen molar-refractivity contribution in [3.8, 4) is 0 Å². The third kappa shape index (κ3) is 4.83. The van der Waals surface area contributed by atoms with E-state index >= 15 is 0 Å². The predicted molar refractivity (Wildman–Crippen MR) is 128 cm³/mol. The van der Waals surface area contributed by atoms with E-state index in [1.165, 1.54) is 25.2 Å². The molecule has 0 radical (unpaired) electrons. The molecule has 34 heavy (non-hydrogen) atoms. The van der Waals surface area contributed by atoms with Crippen molar-refractivity contribution >= 4 is 28.7 Å². The van der Waals surface area contributed by atoms with Crippen molar-refractivity contribution in [1.82, 2.24) is 9.47 Å². The van der Waals surface area contributed by atoms with Gasteiger partial charge in [-0.15, -0.1) is 0 Å². The highest BCUT2D eigenvalue weighted by Crippen LogP contribution is 2.32. The smallest absolute Gasteiger partial charge is 0.338 e. The maximum Gasteiger partial charge on any atom is 0.338 e. The SMILES string of the molecule is COC(=O)CCCCC(=O)N1CCc2c(n(Cc3ccccc3C(=O)OC)c3ccccc23)C1. The Balaban J connectivity index is 1.59. The molecular formula is C27H30N2O5. The van der Waals surface area contributed by atoms with Crippen LogP contribution < -0.4 is 0 Å². The van der Waals surface area contributed by atoms with Gasteiger partial charge in [0.15, 0.2) is 0 Å². The van der Waals surface area contributed by atoms with Crippen LogP contribution in [0.3, 0.4) is 0 Å². The molecule has 0 N–H and O–H groups in total. The van der Waals surface area contributed by atoms with Crippen molar-refractivity contribution < 1.29 is 23.9 Å². The van der Waals surface area contributed by atoms with Crippen LogP contribution in [-0.4, -0.2) is 48.1 Å². The van der Waals surface area contributed by atoms with Gasteiger partial charge in [-0.05, 0) is 42.5 Å². The number of para-hydroxylation sites is 1. The summed E-state index contributed by atoms with van der Waals surface area (Å²) in [6, 6.07) is 15.7. The number of hydrogen-bond acceptors (Lipinski definition) is 5. The van der Waals surface area contributed by atoms with Crippen molar-refractivity contribution in [1.29, 1.82) is 0 Å². The molecule has 0 saturated heterocycles. The summed E-state index contributed by atoms with van der Waals surface area (Å²) in [5, 5.41) is 1.19. The molecule has 7 nitrogen and oxygen atoms in total. The Kier molecular flexibility index (Phi) is 7.30. The van der Waals surface area contributed by atoms with Crippen molar-refractivity contribution in [3.63, 3.8) is 0 Å². The molecule has 0 bridgehead atoms. The van der Waals surface area contributed by atoms with Crippen molar-refractivity contribution in [2.75, 3.05) is 20.8 Å². The lowest BCUT2D eigenvalue weighted by atomic mass is 10.0. The molecule has 4 rings (SSSR count). The van der Waals surface area contributed by atoms with Gasteiger partial charge in [-0.25, -0.2) is 4.79 Å². The van der Waals surface area contributed by atoms with Crippen LogP contribution in [0.5, 0.6) is 0 Å². The first kappa shape index (κ1) is 23.5. The predicted octanol–water partition coefficient (Wildman–Crippen LogP) is 4.09. The highest BCUT2D eigenvalue weighted by atomic mass is 16.5. The number of hydrogen-bond donors (Lipinski definition) is 0. The summed E-state index contributed by atoms with van der Waals surface area (Å²) in [5.74, 6) is -0.501. The van der Waals surface area contributed by atoms with Gasteiger partial charge in [0.2, 0.25) is 5.91 Å². The lowest BCUT2D eigenvalue weighted by Gasteiger charge is -2.29. The van der Waals surface area contributed by atoms with E-state index in [4.69, 9.17) is 4.74 Å². The van der Waals surface area contributed by atoms with Gasteiger partial charge in [-0.3, -0.25) is 9.59 Å². The number of carbonyl (C=O) groups is 3. The molecule has 0 aliphatic carbocycles. The molecule has 0 unspecified atom stereocenters. The van der Waals surface area contributed by atoms with Gasteiger partial charge < -0.3 is 18.9 Å². The van der Waals surface area contributed by atoms with E-state index < -0.39 is 0 Å². The molecule has 7 heteroatoms. The maximum atomic E-state index is 12.9. The Morgan fingerprint density at radius 2 is 1.65 bits per heavy atom. The summed E-state index contributed by atoms with van der Waals surface area (Å²) in [5.41, 5.74) is 4.89. The van der Waals surface area contributed by atoms with E-state index in [1.807, 2.05) is 35.2 Å². The average molecular weight is 463 g/mol. The van der Waals surface area contributed by atoms with Gasteiger partial charge in [-0.2, -0.15) is 0 Å². The van der Waals surface area contributed by atoms with Gasteiger partial charge in [0.25, 0.3) is 0 Å². The van der Waals surface area contributed by atoms with Crippen LogP contribution in [0.4, 0.5) is 0 Å². The standard InChI is InChI=1S/C27H30N2O5/c1-33-26(31)14-8-7-13-25(30)28-16-15-22-21-11-5-6-12-23(21)29(24(22)18-28)17-19-9-3-4-10-20(19)27(32)34-2/h3-6,9-12H,7-8,13-18H2,1-2H3. The summed E-state index contributed by atoms with van der Waals surface area (Å²) < 4.78 is 11.9. The van der Waals surface area contributed by atoms with Crippen LogP contribution in [0.1, 0.15) is 52.9 Å². The first-order chi connectivity index (χ1) is 16.5. The Morgan fingerprint density at radius 1 is 0.912 bits per heavy atom. The molecule has 178 valence electrons. The fraction of sp³-hybridized carbons (Fsp3) is 0.370. The largest absolute Gasteiger partial charge is 0.469 e. The van der Waals surface area contributed by atoms with E-state index in [2.05, 4.69) is 21.4 Å². The topological polar surface area (TPSA) is 77.8 Å². The highest BCUT2D eigenvalue weighted by molar-refractivity contribution is 5.91. The van der Waals surface area contributed by atoms with Crippen LogP contribution in [0, 0.1) is 0 Å². The summed E-state index contributed by atoms with van der Waals surface area (Å²) >= 11 is 0. The van der Waals surface area contributed by atoms with Crippen molar-refractivity contribution in [2.45, 2.75) is 45.2 Å². The number of ether oxygens (including phenoxy) is 2. The molecule has 1 aliphatic heterocycles. The normalized spacial score (nSPS) is 12.9. The van der Waals surface area contributed by atoms with Crippen LogP contribution in [0.25, 0.3) is 10.9 Å². The number of nitrogens with zero attached hydrogens (tertiary/aromatic N) is 2. The molecule has 0 fully saturated rings. The molecular weight excluding hydrogens is 432 g/mol. The number of aromatic nitrogens is 1. The minimum atomic E-state index is -0.357. The molecule has 0 atom stereocenters. The molecule has 1 aliphatic rings. The lowest BCUT2D eigenvalue weighted by molar-refractivity contribution is -0.141. The third-order valence-corrected chi connectivity index (χ3v) is 6.52. The zero-order valence-corrected chi connectivity index (χ0v) is 19.7. The number of rotatable bonds is 8. The summed E-state index contributed by atoms with van der Waals surface area (Å²) in [4.78, 5) is 38.5. The second-order valence-corrected chi connectivity index (χ2v) is 8.53. The molecule has 2 aromatic carbocycles. The summed E-state index contributed by atoms with van der Waals surface area (Å²) in [7, 11) is 2.77. The van der Waals surface area contributed by atoms with Gasteiger partial charge in [0.1, 0.15) is 0 Å². The van der Waals surface area contributed by atoms with Crippen LogP contribution >= 0.6 is 0 Å². The number of methoxy groups -OCH3 is 2.